The summed E-state index contributed by atoms with van der Waals surface area (Å²) in [5.74, 6) is -0.191. The first-order chi connectivity index (χ1) is 17.0. The number of ether oxygens (including phenoxy) is 1. The van der Waals surface area contributed by atoms with Crippen LogP contribution in [0.2, 0.25) is 36.3 Å². The second-order valence-electron chi connectivity index (χ2n) is 13.0. The smallest absolute Gasteiger partial charge is 0.305 e. The molecule has 0 radical (unpaired) electrons. The zero-order valence-corrected chi connectivity index (χ0v) is 27.0. The van der Waals surface area contributed by atoms with Gasteiger partial charge in [-0.25, -0.2) is 0 Å². The highest BCUT2D eigenvalue weighted by atomic mass is 28.4. The molecule has 1 aromatic carbocycles. The van der Waals surface area contributed by atoms with Crippen molar-refractivity contribution >= 4 is 39.5 Å². The molecule has 1 aromatic heterocycles. The lowest BCUT2D eigenvalue weighted by Gasteiger charge is -2.44. The normalized spacial score (nSPS) is 15.2. The van der Waals surface area contributed by atoms with Crippen LogP contribution in [0.15, 0.2) is 42.6 Å². The van der Waals surface area contributed by atoms with Crippen LogP contribution in [-0.4, -0.2) is 46.9 Å². The number of carbonyl (C=O) groups is 1. The molecule has 206 valence electrons. The first-order valence-electron chi connectivity index (χ1n) is 13.4. The quantitative estimate of drug-likeness (QED) is 0.210. The molecule has 0 spiro atoms. The lowest BCUT2D eigenvalue weighted by molar-refractivity contribution is -0.140. The van der Waals surface area contributed by atoms with Gasteiger partial charge < -0.3 is 13.6 Å². The van der Waals surface area contributed by atoms with Crippen molar-refractivity contribution in [2.75, 3.05) is 7.11 Å². The molecule has 0 saturated carbocycles. The largest absolute Gasteiger partial charge is 0.469 e. The number of fused-ring (bicyclic) bond motifs is 1. The number of esters is 1. The van der Waals surface area contributed by atoms with Gasteiger partial charge in [-0.15, -0.1) is 0 Å². The van der Waals surface area contributed by atoms with E-state index in [0.29, 0.717) is 12.8 Å². The van der Waals surface area contributed by atoms with E-state index in [1.54, 1.807) is 0 Å². The number of pyridine rings is 1. The van der Waals surface area contributed by atoms with Crippen molar-refractivity contribution < 1.29 is 18.4 Å². The molecule has 0 aliphatic heterocycles. The van der Waals surface area contributed by atoms with E-state index in [1.165, 1.54) is 7.11 Å². The average molecular weight is 544 g/mol. The van der Waals surface area contributed by atoms with Crippen LogP contribution < -0.4 is 0 Å². The van der Waals surface area contributed by atoms with Crippen LogP contribution in [0.3, 0.4) is 0 Å². The minimum atomic E-state index is -2.13. The standard InChI is InChI=1S/C30H49NO4Si2/c1-29(2,3)36(8,9)34-26(17-14-18-28(32)33-7)27(35-37(10,11)30(4,5)6)20-19-25-21-23-15-12-13-16-24(23)22-31-25/h12-13,15-16,19-22,26-27H,14,17-18H2,1-11H3/b20-19+. The van der Waals surface area contributed by atoms with Gasteiger partial charge in [0.1, 0.15) is 0 Å². The van der Waals surface area contributed by atoms with Crippen molar-refractivity contribution in [2.45, 2.75) is 109 Å². The van der Waals surface area contributed by atoms with Crippen LogP contribution in [0.25, 0.3) is 16.8 Å². The van der Waals surface area contributed by atoms with Crippen molar-refractivity contribution in [3.8, 4) is 0 Å². The maximum absolute atomic E-state index is 11.9. The summed E-state index contributed by atoms with van der Waals surface area (Å²) in [7, 11) is -2.80. The highest BCUT2D eigenvalue weighted by Gasteiger charge is 2.44. The number of methoxy groups -OCH3 is 1. The van der Waals surface area contributed by atoms with E-state index < -0.39 is 16.6 Å². The van der Waals surface area contributed by atoms with Crippen molar-refractivity contribution in [3.63, 3.8) is 0 Å². The maximum Gasteiger partial charge on any atom is 0.305 e. The van der Waals surface area contributed by atoms with E-state index >= 15 is 0 Å². The Bertz CT molecular complexity index is 1070. The van der Waals surface area contributed by atoms with Gasteiger partial charge in [0.15, 0.2) is 16.6 Å². The van der Waals surface area contributed by atoms with Gasteiger partial charge in [0.2, 0.25) is 0 Å². The lowest BCUT2D eigenvalue weighted by atomic mass is 10.1. The van der Waals surface area contributed by atoms with Crippen LogP contribution in [0, 0.1) is 0 Å². The van der Waals surface area contributed by atoms with E-state index in [0.717, 1.165) is 22.9 Å². The molecule has 2 unspecified atom stereocenters. The van der Waals surface area contributed by atoms with Crippen LogP contribution in [-0.2, 0) is 18.4 Å². The minimum absolute atomic E-state index is 0.0494. The molecule has 0 fully saturated rings. The minimum Gasteiger partial charge on any atom is -0.469 e. The monoisotopic (exact) mass is 543 g/mol. The SMILES string of the molecule is COC(=O)CCCC(O[Si](C)(C)C(C)(C)C)C(/C=C/c1cc2ccccc2cn1)O[Si](C)(C)C(C)(C)C. The Hall–Kier alpha value is -1.81. The van der Waals surface area contributed by atoms with Crippen LogP contribution in [0.4, 0.5) is 0 Å². The molecular formula is C30H49NO4Si2. The molecule has 2 rings (SSSR count). The second kappa shape index (κ2) is 12.4. The van der Waals surface area contributed by atoms with Crippen molar-refractivity contribution in [1.29, 1.82) is 0 Å². The van der Waals surface area contributed by atoms with Gasteiger partial charge in [0.05, 0.1) is 25.0 Å². The Labute approximate surface area is 227 Å². The van der Waals surface area contributed by atoms with E-state index in [9.17, 15) is 4.79 Å². The number of hydrogen-bond acceptors (Lipinski definition) is 5. The van der Waals surface area contributed by atoms with Crippen molar-refractivity contribution in [2.24, 2.45) is 0 Å². The molecule has 0 amide bonds. The highest BCUT2D eigenvalue weighted by molar-refractivity contribution is 6.74. The van der Waals surface area contributed by atoms with Gasteiger partial charge in [0, 0.05) is 18.0 Å². The fraction of sp³-hybridized carbons (Fsp3) is 0.600. The fourth-order valence-electron chi connectivity index (χ4n) is 3.54. The molecule has 37 heavy (non-hydrogen) atoms. The van der Waals surface area contributed by atoms with Gasteiger partial charge in [-0.2, -0.15) is 0 Å². The van der Waals surface area contributed by atoms with Crippen LogP contribution in [0.1, 0.15) is 66.5 Å². The van der Waals surface area contributed by atoms with Gasteiger partial charge in [0.25, 0.3) is 0 Å². The molecular weight excluding hydrogens is 495 g/mol. The summed E-state index contributed by atoms with van der Waals surface area (Å²) in [4.78, 5) is 16.6. The van der Waals surface area contributed by atoms with Crippen molar-refractivity contribution in [1.82, 2.24) is 4.98 Å². The van der Waals surface area contributed by atoms with E-state index in [1.807, 2.05) is 18.3 Å². The number of rotatable bonds is 11. The summed E-state index contributed by atoms with van der Waals surface area (Å²) >= 11 is 0. The van der Waals surface area contributed by atoms with Crippen LogP contribution in [0.5, 0.6) is 0 Å². The highest BCUT2D eigenvalue weighted by Crippen LogP contribution is 2.41. The molecule has 0 saturated heterocycles. The third kappa shape index (κ3) is 8.87. The summed E-state index contributed by atoms with van der Waals surface area (Å²) in [5, 5.41) is 2.38. The predicted molar refractivity (Wildman–Crippen MR) is 161 cm³/mol. The molecule has 0 aliphatic carbocycles. The number of aromatic nitrogens is 1. The molecule has 0 bridgehead atoms. The third-order valence-electron chi connectivity index (χ3n) is 8.06. The molecule has 1 heterocycles. The maximum atomic E-state index is 11.9. The van der Waals surface area contributed by atoms with E-state index in [4.69, 9.17) is 13.6 Å². The Morgan fingerprint density at radius 3 is 2.08 bits per heavy atom. The van der Waals surface area contributed by atoms with Gasteiger partial charge in [-0.1, -0.05) is 71.9 Å². The van der Waals surface area contributed by atoms with Gasteiger partial charge in [-0.05, 0) is 66.6 Å². The molecule has 2 aromatic rings. The van der Waals surface area contributed by atoms with E-state index in [-0.39, 0.29) is 28.3 Å². The second-order valence-corrected chi connectivity index (χ2v) is 22.6. The first-order valence-corrected chi connectivity index (χ1v) is 19.2. The summed E-state index contributed by atoms with van der Waals surface area (Å²) in [5.41, 5.74) is 0.892. The fourth-order valence-corrected chi connectivity index (χ4v) is 6.16. The molecule has 0 aliphatic rings. The average Bonchev–Trinajstić information content (AvgIpc) is 2.79. The van der Waals surface area contributed by atoms with E-state index in [2.05, 4.69) is 103 Å². The van der Waals surface area contributed by atoms with Gasteiger partial charge >= 0.3 is 5.97 Å². The molecule has 5 nitrogen and oxygen atoms in total. The number of carbonyl (C=O) groups excluding carboxylic acids is 1. The number of hydrogen-bond donors (Lipinski definition) is 0. The summed E-state index contributed by atoms with van der Waals surface area (Å²) < 4.78 is 18.9. The predicted octanol–water partition coefficient (Wildman–Crippen LogP) is 8.37. The summed E-state index contributed by atoms with van der Waals surface area (Å²) in [6.45, 7) is 22.6. The number of benzene rings is 1. The zero-order chi connectivity index (χ0) is 28.1. The van der Waals surface area contributed by atoms with Crippen molar-refractivity contribution in [3.05, 3.63) is 48.3 Å². The third-order valence-corrected chi connectivity index (χ3v) is 17.0. The van der Waals surface area contributed by atoms with Gasteiger partial charge in [-0.3, -0.25) is 9.78 Å². The summed E-state index contributed by atoms with van der Waals surface area (Å²) in [6.07, 6.45) is 7.47. The molecule has 2 atom stereocenters. The molecule has 7 heteroatoms. The topological polar surface area (TPSA) is 57.7 Å². The Morgan fingerprint density at radius 1 is 0.946 bits per heavy atom. The lowest BCUT2D eigenvalue weighted by Crippen LogP contribution is -2.51. The number of nitrogens with zero attached hydrogens (tertiary/aromatic N) is 1. The molecule has 0 N–H and O–H groups in total. The zero-order valence-electron chi connectivity index (χ0n) is 25.0. The Morgan fingerprint density at radius 2 is 1.51 bits per heavy atom. The Balaban J connectivity index is 2.47. The van der Waals surface area contributed by atoms with Crippen LogP contribution >= 0.6 is 0 Å². The summed E-state index contributed by atoms with van der Waals surface area (Å²) in [6, 6.07) is 10.4. The first kappa shape index (κ1) is 31.4. The Kier molecular flexibility index (Phi) is 10.5.